The molecule has 0 rings (SSSR count). The van der Waals surface area contributed by atoms with Crippen LogP contribution in [0.2, 0.25) is 0 Å². The molecule has 0 aliphatic carbocycles. The van der Waals surface area contributed by atoms with E-state index in [1.807, 2.05) is 6.92 Å². The number of hydrogen-bond donors (Lipinski definition) is 1. The predicted octanol–water partition coefficient (Wildman–Crippen LogP) is 3.71. The van der Waals surface area contributed by atoms with Gasteiger partial charge in [0.05, 0.1) is 0 Å². The summed E-state index contributed by atoms with van der Waals surface area (Å²) in [4.78, 5) is 11.4. The van der Waals surface area contributed by atoms with Crippen LogP contribution in [0, 0.1) is 11.8 Å². The van der Waals surface area contributed by atoms with E-state index in [4.69, 9.17) is 4.74 Å². The van der Waals surface area contributed by atoms with Gasteiger partial charge in [-0.3, -0.25) is 0 Å². The summed E-state index contributed by atoms with van der Waals surface area (Å²) in [6.45, 7) is 14.1. The lowest BCUT2D eigenvalue weighted by Crippen LogP contribution is -2.33. The van der Waals surface area contributed by atoms with Gasteiger partial charge in [-0.2, -0.15) is 0 Å². The molecule has 1 amide bonds. The van der Waals surface area contributed by atoms with Crippen molar-refractivity contribution in [2.24, 2.45) is 11.8 Å². The fourth-order valence-electron chi connectivity index (χ4n) is 1.62. The molecule has 0 saturated heterocycles. The van der Waals surface area contributed by atoms with E-state index in [2.05, 4.69) is 39.6 Å². The third-order valence-corrected chi connectivity index (χ3v) is 2.06. The number of amides is 1. The molecule has 1 atom stereocenters. The first-order chi connectivity index (χ1) is 7.31. The molecule has 0 aliphatic heterocycles. The average Bonchev–Trinajstić information content (AvgIpc) is 1.97. The first kappa shape index (κ1) is 15.0. The molecule has 3 nitrogen and oxygen atoms in total. The molecular weight excluding hydrogens is 202 g/mol. The summed E-state index contributed by atoms with van der Waals surface area (Å²) < 4.78 is 5.07. The van der Waals surface area contributed by atoms with E-state index in [-0.39, 0.29) is 12.1 Å². The van der Waals surface area contributed by atoms with Crippen LogP contribution in [0.25, 0.3) is 0 Å². The smallest absolute Gasteiger partial charge is 0.412 e. The van der Waals surface area contributed by atoms with Crippen LogP contribution in [-0.2, 0) is 4.74 Å². The van der Waals surface area contributed by atoms with E-state index >= 15 is 0 Å². The number of ether oxygens (including phenoxy) is 1. The van der Waals surface area contributed by atoms with Crippen molar-refractivity contribution < 1.29 is 9.53 Å². The van der Waals surface area contributed by atoms with Crippen molar-refractivity contribution in [1.29, 1.82) is 0 Å². The highest BCUT2D eigenvalue weighted by Crippen LogP contribution is 2.10. The summed E-state index contributed by atoms with van der Waals surface area (Å²) in [6.07, 6.45) is 1.27. The van der Waals surface area contributed by atoms with Gasteiger partial charge in [0.1, 0.15) is 5.76 Å². The Kier molecular flexibility index (Phi) is 6.86. The summed E-state index contributed by atoms with van der Waals surface area (Å²) in [5.41, 5.74) is 0. The minimum absolute atomic E-state index is 0.138. The molecule has 0 aromatic heterocycles. The first-order valence-electron chi connectivity index (χ1n) is 5.97. The molecule has 0 saturated carbocycles. The second-order valence-corrected chi connectivity index (χ2v) is 5.20. The monoisotopic (exact) mass is 227 g/mol. The fraction of sp³-hybridized carbons (Fsp3) is 0.769. The minimum atomic E-state index is -0.390. The van der Waals surface area contributed by atoms with Gasteiger partial charge in [-0.25, -0.2) is 4.79 Å². The maximum absolute atomic E-state index is 11.4. The molecule has 16 heavy (non-hydrogen) atoms. The molecule has 0 fully saturated rings. The van der Waals surface area contributed by atoms with E-state index in [1.165, 1.54) is 0 Å². The van der Waals surface area contributed by atoms with Gasteiger partial charge in [-0.15, -0.1) is 0 Å². The maximum atomic E-state index is 11.4. The van der Waals surface area contributed by atoms with E-state index in [0.717, 1.165) is 6.42 Å². The zero-order chi connectivity index (χ0) is 12.7. The van der Waals surface area contributed by atoms with Gasteiger partial charge in [-0.05, 0) is 25.2 Å². The lowest BCUT2D eigenvalue weighted by Gasteiger charge is -2.16. The molecule has 0 aromatic carbocycles. The predicted molar refractivity (Wildman–Crippen MR) is 67.1 cm³/mol. The molecule has 0 aliphatic rings. The second-order valence-electron chi connectivity index (χ2n) is 5.20. The van der Waals surface area contributed by atoms with Gasteiger partial charge in [0.2, 0.25) is 0 Å². The zero-order valence-corrected chi connectivity index (χ0v) is 11.2. The first-order valence-corrected chi connectivity index (χ1v) is 5.97. The van der Waals surface area contributed by atoms with Crippen LogP contribution in [0.15, 0.2) is 12.3 Å². The number of carbonyl (C=O) groups excluding carboxylic acids is 1. The van der Waals surface area contributed by atoms with Crippen LogP contribution in [-0.4, -0.2) is 12.1 Å². The topological polar surface area (TPSA) is 38.3 Å². The minimum Gasteiger partial charge on any atom is -0.416 e. The number of allylic oxidation sites excluding steroid dienone is 1. The second kappa shape index (κ2) is 7.31. The Labute approximate surface area is 99.3 Å². The number of rotatable bonds is 6. The standard InChI is InChI=1S/C13H25NO2/c1-9(2)7-11(5)14-13(15)16-12(6)8-10(3)4/h9-11H,6-8H2,1-5H3,(H,14,15). The Morgan fingerprint density at radius 2 is 1.75 bits per heavy atom. The summed E-state index contributed by atoms with van der Waals surface area (Å²) >= 11 is 0. The van der Waals surface area contributed by atoms with Crippen LogP contribution >= 0.6 is 0 Å². The molecule has 0 aromatic rings. The Morgan fingerprint density at radius 1 is 1.19 bits per heavy atom. The quantitative estimate of drug-likeness (QED) is 0.702. The normalized spacial score (nSPS) is 12.7. The van der Waals surface area contributed by atoms with Crippen LogP contribution < -0.4 is 5.32 Å². The van der Waals surface area contributed by atoms with Gasteiger partial charge >= 0.3 is 6.09 Å². The van der Waals surface area contributed by atoms with E-state index < -0.39 is 0 Å². The summed E-state index contributed by atoms with van der Waals surface area (Å²) in [5.74, 6) is 1.55. The van der Waals surface area contributed by atoms with E-state index in [9.17, 15) is 4.79 Å². The van der Waals surface area contributed by atoms with E-state index in [0.29, 0.717) is 24.0 Å². The average molecular weight is 227 g/mol. The molecule has 3 heteroatoms. The van der Waals surface area contributed by atoms with Crippen LogP contribution in [0.1, 0.15) is 47.5 Å². The van der Waals surface area contributed by atoms with Gasteiger partial charge in [0.25, 0.3) is 0 Å². The summed E-state index contributed by atoms with van der Waals surface area (Å²) in [6, 6.07) is 0.138. The maximum Gasteiger partial charge on any atom is 0.412 e. The number of alkyl carbamates (subject to hydrolysis) is 1. The summed E-state index contributed by atoms with van der Waals surface area (Å²) in [5, 5.41) is 2.79. The molecule has 0 heterocycles. The molecule has 1 unspecified atom stereocenters. The molecule has 0 radical (unpaired) electrons. The largest absolute Gasteiger partial charge is 0.416 e. The third kappa shape index (κ3) is 8.33. The highest BCUT2D eigenvalue weighted by atomic mass is 16.6. The Bertz CT molecular complexity index is 234. The van der Waals surface area contributed by atoms with Gasteiger partial charge < -0.3 is 10.1 Å². The van der Waals surface area contributed by atoms with Crippen molar-refractivity contribution >= 4 is 6.09 Å². The van der Waals surface area contributed by atoms with Crippen molar-refractivity contribution in [3.63, 3.8) is 0 Å². The van der Waals surface area contributed by atoms with E-state index in [1.54, 1.807) is 0 Å². The lowest BCUT2D eigenvalue weighted by atomic mass is 10.1. The van der Waals surface area contributed by atoms with Crippen LogP contribution in [0.3, 0.4) is 0 Å². The molecule has 94 valence electrons. The lowest BCUT2D eigenvalue weighted by molar-refractivity contribution is 0.166. The number of carbonyl (C=O) groups is 1. The zero-order valence-electron chi connectivity index (χ0n) is 11.2. The Hall–Kier alpha value is -0.990. The third-order valence-electron chi connectivity index (χ3n) is 2.06. The van der Waals surface area contributed by atoms with Crippen molar-refractivity contribution in [1.82, 2.24) is 5.32 Å². The van der Waals surface area contributed by atoms with Gasteiger partial charge in [-0.1, -0.05) is 34.3 Å². The molecule has 0 spiro atoms. The van der Waals surface area contributed by atoms with Crippen LogP contribution in [0.4, 0.5) is 4.79 Å². The highest BCUT2D eigenvalue weighted by molar-refractivity contribution is 5.68. The van der Waals surface area contributed by atoms with Crippen LogP contribution in [0.5, 0.6) is 0 Å². The number of nitrogens with one attached hydrogen (secondary N) is 1. The van der Waals surface area contributed by atoms with Gasteiger partial charge in [0.15, 0.2) is 0 Å². The fourth-order valence-corrected chi connectivity index (χ4v) is 1.62. The van der Waals surface area contributed by atoms with Gasteiger partial charge in [0, 0.05) is 12.5 Å². The van der Waals surface area contributed by atoms with Crippen molar-refractivity contribution in [2.75, 3.05) is 0 Å². The Morgan fingerprint density at radius 3 is 2.19 bits per heavy atom. The molecule has 1 N–H and O–H groups in total. The SMILES string of the molecule is C=C(CC(C)C)OC(=O)NC(C)CC(C)C. The highest BCUT2D eigenvalue weighted by Gasteiger charge is 2.11. The van der Waals surface area contributed by atoms with Crippen molar-refractivity contribution in [2.45, 2.75) is 53.5 Å². The van der Waals surface area contributed by atoms with Crippen molar-refractivity contribution in [3.8, 4) is 0 Å². The Balaban J connectivity index is 3.85. The number of hydrogen-bond acceptors (Lipinski definition) is 2. The summed E-state index contributed by atoms with van der Waals surface area (Å²) in [7, 11) is 0. The molecule has 0 bridgehead atoms. The molecular formula is C13H25NO2. The van der Waals surface area contributed by atoms with Crippen molar-refractivity contribution in [3.05, 3.63) is 12.3 Å².